The van der Waals surface area contributed by atoms with E-state index in [1.54, 1.807) is 18.6 Å². The molecule has 0 atom stereocenters. The minimum Gasteiger partial charge on any atom is -0.446 e. The second-order valence-electron chi connectivity index (χ2n) is 3.90. The topological polar surface area (TPSA) is 111 Å². The largest absolute Gasteiger partial charge is 0.446 e. The van der Waals surface area contributed by atoms with Gasteiger partial charge in [0.2, 0.25) is 0 Å². The van der Waals surface area contributed by atoms with Gasteiger partial charge in [0.05, 0.1) is 17.5 Å². The highest BCUT2D eigenvalue weighted by molar-refractivity contribution is 7.91. The van der Waals surface area contributed by atoms with E-state index in [1.165, 1.54) is 12.1 Å². The van der Waals surface area contributed by atoms with Crippen molar-refractivity contribution < 1.29 is 22.3 Å². The van der Waals surface area contributed by atoms with Gasteiger partial charge in [-0.2, -0.15) is 8.42 Å². The van der Waals surface area contributed by atoms with Gasteiger partial charge in [0, 0.05) is 6.07 Å². The monoisotopic (exact) mass is 291 g/mol. The molecular formula is C10H14FN3O4S. The van der Waals surface area contributed by atoms with Gasteiger partial charge in [-0.25, -0.2) is 13.9 Å². The molecule has 0 aliphatic heterocycles. The summed E-state index contributed by atoms with van der Waals surface area (Å²) in [5.41, 5.74) is 5.06. The third-order valence-corrected chi connectivity index (χ3v) is 2.75. The van der Waals surface area contributed by atoms with Gasteiger partial charge in [0.25, 0.3) is 0 Å². The molecule has 0 spiro atoms. The Bertz CT molecular complexity index is 574. The van der Waals surface area contributed by atoms with Crippen molar-refractivity contribution in [2.75, 3.05) is 10.5 Å². The number of anilines is 2. The molecule has 0 heterocycles. The van der Waals surface area contributed by atoms with Gasteiger partial charge in [-0.1, -0.05) is 0 Å². The van der Waals surface area contributed by atoms with E-state index in [0.717, 1.165) is 6.07 Å². The number of carbonyl (C=O) groups excluding carboxylic acids is 1. The Labute approximate surface area is 110 Å². The lowest BCUT2D eigenvalue weighted by Gasteiger charge is -2.11. The molecule has 1 amide bonds. The van der Waals surface area contributed by atoms with Crippen LogP contribution in [0.2, 0.25) is 0 Å². The number of halogens is 1. The SMILES string of the molecule is CC(C)OC(=O)NS(=O)(=O)Nc1ccc(N)c(F)c1. The quantitative estimate of drug-likeness (QED) is 0.722. The van der Waals surface area contributed by atoms with Gasteiger partial charge in [-0.15, -0.1) is 0 Å². The molecule has 1 rings (SSSR count). The molecule has 0 aromatic heterocycles. The van der Waals surface area contributed by atoms with Gasteiger partial charge in [0.1, 0.15) is 5.82 Å². The number of ether oxygens (including phenoxy) is 1. The molecule has 0 bridgehead atoms. The molecule has 0 radical (unpaired) electrons. The van der Waals surface area contributed by atoms with E-state index in [4.69, 9.17) is 5.73 Å². The lowest BCUT2D eigenvalue weighted by Crippen LogP contribution is -2.36. The fraction of sp³-hybridized carbons (Fsp3) is 0.300. The molecule has 1 aromatic rings. The number of nitrogen functional groups attached to an aromatic ring is 1. The summed E-state index contributed by atoms with van der Waals surface area (Å²) in [7, 11) is -4.19. The molecule has 0 saturated carbocycles. The van der Waals surface area contributed by atoms with Gasteiger partial charge in [-0.3, -0.25) is 4.72 Å². The van der Waals surface area contributed by atoms with Crippen molar-refractivity contribution in [1.82, 2.24) is 4.72 Å². The van der Waals surface area contributed by atoms with E-state index in [1.807, 2.05) is 4.72 Å². The standard InChI is InChI=1S/C10H14FN3O4S/c1-6(2)18-10(15)14-19(16,17)13-7-3-4-9(12)8(11)5-7/h3-6,13H,12H2,1-2H3,(H,14,15). The van der Waals surface area contributed by atoms with Crippen LogP contribution >= 0.6 is 0 Å². The Balaban J connectivity index is 2.74. The summed E-state index contributed by atoms with van der Waals surface area (Å²) in [5.74, 6) is -0.773. The first-order valence-corrected chi connectivity index (χ1v) is 6.74. The average molecular weight is 291 g/mol. The molecule has 7 nitrogen and oxygen atoms in total. The van der Waals surface area contributed by atoms with Crippen LogP contribution < -0.4 is 15.2 Å². The maximum absolute atomic E-state index is 13.1. The summed E-state index contributed by atoms with van der Waals surface area (Å²) in [6.07, 6.45) is -1.59. The molecule has 0 unspecified atom stereocenters. The highest BCUT2D eigenvalue weighted by Gasteiger charge is 2.16. The molecule has 0 aliphatic carbocycles. The summed E-state index contributed by atoms with van der Waals surface area (Å²) in [4.78, 5) is 11.1. The van der Waals surface area contributed by atoms with Crippen LogP contribution in [0.15, 0.2) is 18.2 Å². The van der Waals surface area contributed by atoms with Gasteiger partial charge < -0.3 is 10.5 Å². The second-order valence-corrected chi connectivity index (χ2v) is 5.31. The summed E-state index contributed by atoms with van der Waals surface area (Å²) < 4.78 is 44.3. The van der Waals surface area contributed by atoms with Crippen LogP contribution in [0.25, 0.3) is 0 Å². The number of nitrogens with two attached hydrogens (primary N) is 1. The van der Waals surface area contributed by atoms with E-state index in [2.05, 4.69) is 4.74 Å². The average Bonchev–Trinajstić information content (AvgIpc) is 2.20. The van der Waals surface area contributed by atoms with Crippen LogP contribution in [0.3, 0.4) is 0 Å². The van der Waals surface area contributed by atoms with Crippen LogP contribution in [0.1, 0.15) is 13.8 Å². The first-order chi connectivity index (χ1) is 8.69. The molecule has 0 saturated heterocycles. The maximum Gasteiger partial charge on any atom is 0.422 e. The van der Waals surface area contributed by atoms with Gasteiger partial charge >= 0.3 is 16.3 Å². The fourth-order valence-electron chi connectivity index (χ4n) is 1.12. The van der Waals surface area contributed by atoms with Crippen molar-refractivity contribution >= 4 is 27.7 Å². The maximum atomic E-state index is 13.1. The van der Waals surface area contributed by atoms with Crippen molar-refractivity contribution in [3.63, 3.8) is 0 Å². The first kappa shape index (κ1) is 15.0. The van der Waals surface area contributed by atoms with E-state index >= 15 is 0 Å². The Morgan fingerprint density at radius 2 is 2.05 bits per heavy atom. The highest BCUT2D eigenvalue weighted by Crippen LogP contribution is 2.16. The molecule has 19 heavy (non-hydrogen) atoms. The molecule has 106 valence electrons. The summed E-state index contributed by atoms with van der Waals surface area (Å²) >= 11 is 0. The number of nitrogens with one attached hydrogen (secondary N) is 2. The molecule has 0 aliphatic rings. The van der Waals surface area contributed by atoms with Gasteiger partial charge in [-0.05, 0) is 26.0 Å². The zero-order valence-corrected chi connectivity index (χ0v) is 11.1. The summed E-state index contributed by atoms with van der Waals surface area (Å²) in [5, 5.41) is 0. The van der Waals surface area contributed by atoms with Crippen molar-refractivity contribution in [2.24, 2.45) is 0 Å². The molecule has 0 fully saturated rings. The van der Waals surface area contributed by atoms with E-state index < -0.39 is 28.2 Å². The van der Waals surface area contributed by atoms with Crippen molar-refractivity contribution in [3.8, 4) is 0 Å². The van der Waals surface area contributed by atoms with Crippen LogP contribution in [0, 0.1) is 5.82 Å². The number of hydrogen-bond acceptors (Lipinski definition) is 5. The van der Waals surface area contributed by atoms with Gasteiger partial charge in [0.15, 0.2) is 0 Å². The zero-order valence-electron chi connectivity index (χ0n) is 10.3. The first-order valence-electron chi connectivity index (χ1n) is 5.26. The number of hydrogen-bond donors (Lipinski definition) is 3. The predicted octanol–water partition coefficient (Wildman–Crippen LogP) is 1.20. The number of benzene rings is 1. The van der Waals surface area contributed by atoms with Crippen molar-refractivity contribution in [2.45, 2.75) is 20.0 Å². The van der Waals surface area contributed by atoms with E-state index in [9.17, 15) is 17.6 Å². The molecule has 4 N–H and O–H groups in total. The third kappa shape index (κ3) is 5.00. The molecule has 9 heteroatoms. The Morgan fingerprint density at radius 3 is 2.58 bits per heavy atom. The lowest BCUT2D eigenvalue weighted by atomic mass is 10.3. The van der Waals surface area contributed by atoms with Crippen LogP contribution in [0.5, 0.6) is 0 Å². The van der Waals surface area contributed by atoms with E-state index in [0.29, 0.717) is 0 Å². The summed E-state index contributed by atoms with van der Waals surface area (Å²) in [6, 6.07) is 3.34. The number of rotatable bonds is 4. The Hall–Kier alpha value is -2.03. The molecular weight excluding hydrogens is 277 g/mol. The van der Waals surface area contributed by atoms with Crippen molar-refractivity contribution in [3.05, 3.63) is 24.0 Å². The molecule has 1 aromatic carbocycles. The highest BCUT2D eigenvalue weighted by atomic mass is 32.2. The Kier molecular flexibility index (Phi) is 4.54. The lowest BCUT2D eigenvalue weighted by molar-refractivity contribution is 0.121. The predicted molar refractivity (Wildman–Crippen MR) is 68.1 cm³/mol. The van der Waals surface area contributed by atoms with Crippen LogP contribution in [-0.4, -0.2) is 20.6 Å². The number of carbonyl (C=O) groups is 1. The Morgan fingerprint density at radius 1 is 1.42 bits per heavy atom. The minimum atomic E-state index is -4.19. The third-order valence-electron chi connectivity index (χ3n) is 1.81. The second kappa shape index (κ2) is 5.74. The summed E-state index contributed by atoms with van der Waals surface area (Å²) in [6.45, 7) is 3.13. The minimum absolute atomic E-state index is 0.0726. The van der Waals surface area contributed by atoms with E-state index in [-0.39, 0.29) is 11.4 Å². The zero-order chi connectivity index (χ0) is 14.6. The van der Waals surface area contributed by atoms with Crippen molar-refractivity contribution in [1.29, 1.82) is 0 Å². The van der Waals surface area contributed by atoms with Crippen LogP contribution in [0.4, 0.5) is 20.6 Å². The smallest absolute Gasteiger partial charge is 0.422 e. The number of amides is 1. The normalized spacial score (nSPS) is 11.2. The fourth-order valence-corrected chi connectivity index (χ4v) is 1.87. The van der Waals surface area contributed by atoms with Crippen LogP contribution in [-0.2, 0) is 14.9 Å².